The summed E-state index contributed by atoms with van der Waals surface area (Å²) >= 11 is 0. The van der Waals surface area contributed by atoms with Crippen molar-refractivity contribution in [3.05, 3.63) is 42.2 Å². The fourth-order valence-corrected chi connectivity index (χ4v) is 1.44. The standard InChI is InChI=1S/C12H14N4O/c1-17-12-9(3-2-6-14-12)7-15-11-5-4-10(13)8-16-11/h2-6,8H,7,13H2,1H3,(H,15,16). The fourth-order valence-electron chi connectivity index (χ4n) is 1.44. The summed E-state index contributed by atoms with van der Waals surface area (Å²) in [4.78, 5) is 8.27. The van der Waals surface area contributed by atoms with Crippen molar-refractivity contribution in [2.24, 2.45) is 0 Å². The van der Waals surface area contributed by atoms with Gasteiger partial charge < -0.3 is 15.8 Å². The molecule has 0 saturated carbocycles. The Morgan fingerprint density at radius 3 is 2.88 bits per heavy atom. The van der Waals surface area contributed by atoms with Crippen molar-refractivity contribution in [2.75, 3.05) is 18.2 Å². The molecule has 0 amide bonds. The van der Waals surface area contributed by atoms with Crippen LogP contribution in [0.5, 0.6) is 5.88 Å². The lowest BCUT2D eigenvalue weighted by Gasteiger charge is -2.08. The van der Waals surface area contributed by atoms with Gasteiger partial charge in [-0.3, -0.25) is 0 Å². The van der Waals surface area contributed by atoms with Gasteiger partial charge in [0.05, 0.1) is 19.0 Å². The summed E-state index contributed by atoms with van der Waals surface area (Å²) in [6, 6.07) is 7.46. The highest BCUT2D eigenvalue weighted by atomic mass is 16.5. The smallest absolute Gasteiger partial charge is 0.218 e. The van der Waals surface area contributed by atoms with Crippen LogP contribution in [0.1, 0.15) is 5.56 Å². The number of ether oxygens (including phenoxy) is 1. The third-order valence-electron chi connectivity index (χ3n) is 2.29. The van der Waals surface area contributed by atoms with E-state index in [1.165, 1.54) is 0 Å². The minimum absolute atomic E-state index is 0.605. The van der Waals surface area contributed by atoms with Gasteiger partial charge in [0.15, 0.2) is 0 Å². The topological polar surface area (TPSA) is 73.1 Å². The molecule has 88 valence electrons. The van der Waals surface area contributed by atoms with Gasteiger partial charge in [0.2, 0.25) is 5.88 Å². The Morgan fingerprint density at radius 2 is 2.18 bits per heavy atom. The molecule has 2 aromatic rings. The van der Waals surface area contributed by atoms with Crippen molar-refractivity contribution in [2.45, 2.75) is 6.54 Å². The molecule has 5 nitrogen and oxygen atoms in total. The average molecular weight is 230 g/mol. The van der Waals surface area contributed by atoms with Gasteiger partial charge >= 0.3 is 0 Å². The van der Waals surface area contributed by atoms with Gasteiger partial charge in [0, 0.05) is 18.3 Å². The largest absolute Gasteiger partial charge is 0.481 e. The van der Waals surface area contributed by atoms with Crippen LogP contribution < -0.4 is 15.8 Å². The number of rotatable bonds is 4. The molecule has 0 bridgehead atoms. The lowest BCUT2D eigenvalue weighted by atomic mass is 10.2. The Hall–Kier alpha value is -2.30. The Morgan fingerprint density at radius 1 is 1.29 bits per heavy atom. The molecule has 3 N–H and O–H groups in total. The van der Waals surface area contributed by atoms with E-state index in [0.29, 0.717) is 18.1 Å². The molecule has 0 aromatic carbocycles. The third-order valence-corrected chi connectivity index (χ3v) is 2.29. The van der Waals surface area contributed by atoms with E-state index in [9.17, 15) is 0 Å². The molecule has 0 spiro atoms. The van der Waals surface area contributed by atoms with Gasteiger partial charge in [0.25, 0.3) is 0 Å². The Labute approximate surface area is 99.7 Å². The van der Waals surface area contributed by atoms with Crippen LogP contribution in [0.2, 0.25) is 0 Å². The number of pyridine rings is 2. The first-order valence-electron chi connectivity index (χ1n) is 5.23. The Balaban J connectivity index is 2.04. The fraction of sp³-hybridized carbons (Fsp3) is 0.167. The zero-order valence-corrected chi connectivity index (χ0v) is 9.55. The molecule has 5 heteroatoms. The van der Waals surface area contributed by atoms with E-state index in [1.54, 1.807) is 25.6 Å². The minimum Gasteiger partial charge on any atom is -0.481 e. The third kappa shape index (κ3) is 2.84. The monoisotopic (exact) mass is 230 g/mol. The SMILES string of the molecule is COc1ncccc1CNc1ccc(N)cn1. The minimum atomic E-state index is 0.605. The van der Waals surface area contributed by atoms with Crippen LogP contribution in [0.4, 0.5) is 11.5 Å². The summed E-state index contributed by atoms with van der Waals surface area (Å²) in [5, 5.41) is 3.18. The second-order valence-corrected chi connectivity index (χ2v) is 3.50. The highest BCUT2D eigenvalue weighted by molar-refractivity contribution is 5.44. The average Bonchev–Trinajstić information content (AvgIpc) is 2.38. The number of hydrogen-bond acceptors (Lipinski definition) is 5. The molecule has 2 heterocycles. The van der Waals surface area contributed by atoms with Crippen LogP contribution in [-0.2, 0) is 6.54 Å². The maximum atomic E-state index is 5.56. The number of hydrogen-bond donors (Lipinski definition) is 2. The normalized spacial score (nSPS) is 9.94. The lowest BCUT2D eigenvalue weighted by molar-refractivity contribution is 0.393. The molecule has 0 saturated heterocycles. The van der Waals surface area contributed by atoms with Crippen molar-refractivity contribution < 1.29 is 4.74 Å². The molecule has 0 aliphatic carbocycles. The number of nitrogen functional groups attached to an aromatic ring is 1. The first-order valence-corrected chi connectivity index (χ1v) is 5.23. The molecular weight excluding hydrogens is 216 g/mol. The van der Waals surface area contributed by atoms with E-state index in [-0.39, 0.29) is 0 Å². The Kier molecular flexibility index (Phi) is 3.40. The van der Waals surface area contributed by atoms with Gasteiger partial charge in [-0.2, -0.15) is 0 Å². The van der Waals surface area contributed by atoms with Gasteiger partial charge in [-0.1, -0.05) is 6.07 Å². The van der Waals surface area contributed by atoms with Crippen LogP contribution >= 0.6 is 0 Å². The predicted octanol–water partition coefficient (Wildman–Crippen LogP) is 1.68. The van der Waals surface area contributed by atoms with Crippen molar-refractivity contribution >= 4 is 11.5 Å². The van der Waals surface area contributed by atoms with E-state index >= 15 is 0 Å². The second kappa shape index (κ2) is 5.16. The second-order valence-electron chi connectivity index (χ2n) is 3.50. The van der Waals surface area contributed by atoms with Crippen LogP contribution in [0, 0.1) is 0 Å². The van der Waals surface area contributed by atoms with Crippen LogP contribution in [0.3, 0.4) is 0 Å². The quantitative estimate of drug-likeness (QED) is 0.836. The van der Waals surface area contributed by atoms with Gasteiger partial charge in [0.1, 0.15) is 5.82 Å². The zero-order chi connectivity index (χ0) is 12.1. The lowest BCUT2D eigenvalue weighted by Crippen LogP contribution is -2.04. The predicted molar refractivity (Wildman–Crippen MR) is 66.8 cm³/mol. The number of nitrogens with zero attached hydrogens (tertiary/aromatic N) is 2. The van der Waals surface area contributed by atoms with E-state index in [0.717, 1.165) is 11.4 Å². The van der Waals surface area contributed by atoms with Crippen molar-refractivity contribution in [1.82, 2.24) is 9.97 Å². The Bertz CT molecular complexity index is 484. The first kappa shape index (κ1) is 11.2. The summed E-state index contributed by atoms with van der Waals surface area (Å²) in [7, 11) is 1.60. The van der Waals surface area contributed by atoms with Gasteiger partial charge in [-0.15, -0.1) is 0 Å². The molecule has 0 fully saturated rings. The number of aromatic nitrogens is 2. The van der Waals surface area contributed by atoms with Crippen molar-refractivity contribution in [3.8, 4) is 5.88 Å². The number of nitrogens with one attached hydrogen (secondary N) is 1. The molecule has 17 heavy (non-hydrogen) atoms. The highest BCUT2D eigenvalue weighted by Gasteiger charge is 2.02. The van der Waals surface area contributed by atoms with Crippen LogP contribution in [0.25, 0.3) is 0 Å². The molecule has 0 unspecified atom stereocenters. The maximum Gasteiger partial charge on any atom is 0.218 e. The number of methoxy groups -OCH3 is 1. The first-order chi connectivity index (χ1) is 8.29. The molecule has 0 aliphatic heterocycles. The summed E-state index contributed by atoms with van der Waals surface area (Å²) in [5.74, 6) is 1.39. The molecule has 0 aliphatic rings. The number of nitrogens with two attached hydrogens (primary N) is 1. The van der Waals surface area contributed by atoms with E-state index in [1.807, 2.05) is 18.2 Å². The summed E-state index contributed by atoms with van der Waals surface area (Å²) in [6.45, 7) is 0.605. The van der Waals surface area contributed by atoms with Crippen LogP contribution in [0.15, 0.2) is 36.7 Å². The summed E-state index contributed by atoms with van der Waals surface area (Å²) in [5.41, 5.74) is 7.19. The van der Waals surface area contributed by atoms with E-state index in [4.69, 9.17) is 10.5 Å². The highest BCUT2D eigenvalue weighted by Crippen LogP contribution is 2.15. The van der Waals surface area contributed by atoms with E-state index < -0.39 is 0 Å². The summed E-state index contributed by atoms with van der Waals surface area (Å²) in [6.07, 6.45) is 3.31. The number of anilines is 2. The van der Waals surface area contributed by atoms with Gasteiger partial charge in [-0.05, 0) is 18.2 Å². The van der Waals surface area contributed by atoms with Crippen LogP contribution in [-0.4, -0.2) is 17.1 Å². The maximum absolute atomic E-state index is 5.56. The molecular formula is C12H14N4O. The molecule has 0 radical (unpaired) electrons. The molecule has 2 rings (SSSR count). The van der Waals surface area contributed by atoms with Gasteiger partial charge in [-0.25, -0.2) is 9.97 Å². The summed E-state index contributed by atoms with van der Waals surface area (Å²) < 4.78 is 5.16. The van der Waals surface area contributed by atoms with E-state index in [2.05, 4.69) is 15.3 Å². The molecule has 0 atom stereocenters. The van der Waals surface area contributed by atoms with Crippen molar-refractivity contribution in [3.63, 3.8) is 0 Å². The zero-order valence-electron chi connectivity index (χ0n) is 9.55. The molecule has 2 aromatic heterocycles. The van der Waals surface area contributed by atoms with Crippen molar-refractivity contribution in [1.29, 1.82) is 0 Å².